The van der Waals surface area contributed by atoms with Crippen LogP contribution in [0.5, 0.6) is 0 Å². The molecule has 0 saturated heterocycles. The van der Waals surface area contributed by atoms with Crippen molar-refractivity contribution in [2.75, 3.05) is 0 Å². The van der Waals surface area contributed by atoms with Gasteiger partial charge in [0.05, 0.1) is 1.37 Å². The number of aromatic nitrogens is 3. The fourth-order valence-corrected chi connectivity index (χ4v) is 1.44. The van der Waals surface area contributed by atoms with Gasteiger partial charge in [-0.2, -0.15) is 0 Å². The topological polar surface area (TPSA) is 30.7 Å². The number of hydrogen-bond donors (Lipinski definition) is 0. The molecule has 0 unspecified atom stereocenters. The zero-order chi connectivity index (χ0) is 11.0. The number of imidazole rings is 1. The highest BCUT2D eigenvalue weighted by molar-refractivity contribution is 9.10. The smallest absolute Gasteiger partial charge is 0.138 e. The minimum absolute atomic E-state index is 0.0162. The molecule has 2 rings (SSSR count). The van der Waals surface area contributed by atoms with Crippen LogP contribution in [-0.2, 0) is 0 Å². The maximum atomic E-state index is 7.70. The fourth-order valence-electron chi connectivity index (χ4n) is 0.860. The van der Waals surface area contributed by atoms with Crippen LogP contribution in [-0.4, -0.2) is 14.5 Å². The van der Waals surface area contributed by atoms with E-state index < -0.39 is 0 Å². The van der Waals surface area contributed by atoms with E-state index in [0.29, 0.717) is 10.4 Å². The average Bonchev–Trinajstić information content (AvgIpc) is 2.41. The Labute approximate surface area is 94.9 Å². The second-order valence-corrected chi connectivity index (χ2v) is 3.95. The standard InChI is InChI=1S/C8H5Br2N3/c9-6-1-2-11-8(3-6)13-4-7(10)12-5-13/h1-5H/i4D,5D. The lowest BCUT2D eigenvalue weighted by molar-refractivity contribution is 0.990. The van der Waals surface area contributed by atoms with Gasteiger partial charge in [-0.1, -0.05) is 15.9 Å². The molecule has 66 valence electrons. The van der Waals surface area contributed by atoms with E-state index in [-0.39, 0.29) is 12.5 Å². The number of hydrogen-bond acceptors (Lipinski definition) is 2. The van der Waals surface area contributed by atoms with Crippen molar-refractivity contribution in [2.45, 2.75) is 0 Å². The molecular formula is C8H5Br2N3. The third kappa shape index (κ3) is 1.97. The van der Waals surface area contributed by atoms with Crippen molar-refractivity contribution < 1.29 is 2.74 Å². The van der Waals surface area contributed by atoms with Crippen LogP contribution in [0.2, 0.25) is 0 Å². The molecule has 0 aliphatic carbocycles. The summed E-state index contributed by atoms with van der Waals surface area (Å²) in [6.07, 6.45) is 1.70. The largest absolute Gasteiger partial charge is 0.289 e. The third-order valence-corrected chi connectivity index (χ3v) is 2.24. The summed E-state index contributed by atoms with van der Waals surface area (Å²) >= 11 is 6.41. The van der Waals surface area contributed by atoms with Crippen LogP contribution in [0.25, 0.3) is 5.82 Å². The molecular weight excluding hydrogens is 298 g/mol. The highest BCUT2D eigenvalue weighted by Crippen LogP contribution is 2.14. The third-order valence-electron chi connectivity index (χ3n) is 1.39. The molecule has 0 fully saturated rings. The normalized spacial score (nSPS) is 12.5. The lowest BCUT2D eigenvalue weighted by Gasteiger charge is -1.99. The Hall–Kier alpha value is -0.680. The minimum atomic E-state index is -0.0162. The first-order valence-corrected chi connectivity index (χ1v) is 5.01. The zero-order valence-corrected chi connectivity index (χ0v) is 9.50. The molecule has 0 aromatic carbocycles. The van der Waals surface area contributed by atoms with E-state index in [9.17, 15) is 0 Å². The molecule has 13 heavy (non-hydrogen) atoms. The zero-order valence-electron chi connectivity index (χ0n) is 8.33. The van der Waals surface area contributed by atoms with E-state index in [1.54, 1.807) is 18.3 Å². The molecule has 2 heterocycles. The second-order valence-electron chi connectivity index (χ2n) is 2.28. The van der Waals surface area contributed by atoms with Crippen LogP contribution >= 0.6 is 31.9 Å². The van der Waals surface area contributed by atoms with Gasteiger partial charge in [-0.15, -0.1) is 0 Å². The molecule has 0 atom stereocenters. The van der Waals surface area contributed by atoms with Gasteiger partial charge in [0.1, 0.15) is 18.1 Å². The van der Waals surface area contributed by atoms with Crippen LogP contribution in [0.3, 0.4) is 0 Å². The molecule has 0 N–H and O–H groups in total. The Bertz CT molecular complexity index is 513. The maximum Gasteiger partial charge on any atom is 0.138 e. The van der Waals surface area contributed by atoms with Crippen molar-refractivity contribution >= 4 is 31.9 Å². The predicted octanol–water partition coefficient (Wildman–Crippen LogP) is 2.79. The van der Waals surface area contributed by atoms with E-state index in [1.165, 1.54) is 4.57 Å². The molecule has 0 amide bonds. The van der Waals surface area contributed by atoms with Crippen LogP contribution in [0.4, 0.5) is 0 Å². The lowest BCUT2D eigenvalue weighted by atomic mass is 10.4. The quantitative estimate of drug-likeness (QED) is 0.811. The van der Waals surface area contributed by atoms with Crippen molar-refractivity contribution in [2.24, 2.45) is 0 Å². The summed E-state index contributed by atoms with van der Waals surface area (Å²) in [4.78, 5) is 7.90. The van der Waals surface area contributed by atoms with Gasteiger partial charge in [0.2, 0.25) is 0 Å². The van der Waals surface area contributed by atoms with E-state index >= 15 is 0 Å². The molecule has 0 aliphatic heterocycles. The van der Waals surface area contributed by atoms with Crippen LogP contribution in [0, 0.1) is 0 Å². The van der Waals surface area contributed by atoms with Crippen molar-refractivity contribution in [1.82, 2.24) is 14.5 Å². The van der Waals surface area contributed by atoms with Crippen molar-refractivity contribution in [3.63, 3.8) is 0 Å². The van der Waals surface area contributed by atoms with Gasteiger partial charge in [0.25, 0.3) is 0 Å². The van der Waals surface area contributed by atoms with Gasteiger partial charge in [0.15, 0.2) is 0 Å². The van der Waals surface area contributed by atoms with Crippen LogP contribution in [0.1, 0.15) is 2.74 Å². The molecule has 0 radical (unpaired) electrons. The first-order chi connectivity index (χ1) is 7.09. The number of pyridine rings is 1. The maximum absolute atomic E-state index is 7.70. The number of halogens is 2. The fraction of sp³-hybridized carbons (Fsp3) is 0. The average molecular weight is 305 g/mol. The Balaban J connectivity index is 2.63. The summed E-state index contributed by atoms with van der Waals surface area (Å²) in [6.45, 7) is 0. The first-order valence-electron chi connectivity index (χ1n) is 4.43. The molecule has 5 heteroatoms. The minimum Gasteiger partial charge on any atom is -0.289 e. The Kier molecular flexibility index (Phi) is 1.86. The van der Waals surface area contributed by atoms with E-state index in [1.807, 2.05) is 0 Å². The van der Waals surface area contributed by atoms with Gasteiger partial charge in [-0.3, -0.25) is 4.57 Å². The first kappa shape index (κ1) is 6.73. The Morgan fingerprint density at radius 1 is 1.38 bits per heavy atom. The monoisotopic (exact) mass is 303 g/mol. The van der Waals surface area contributed by atoms with Crippen molar-refractivity contribution in [3.8, 4) is 5.82 Å². The van der Waals surface area contributed by atoms with E-state index in [4.69, 9.17) is 2.74 Å². The molecule has 0 spiro atoms. The Morgan fingerprint density at radius 2 is 2.23 bits per heavy atom. The number of nitrogens with zero attached hydrogens (tertiary/aromatic N) is 3. The van der Waals surface area contributed by atoms with Gasteiger partial charge < -0.3 is 0 Å². The highest BCUT2D eigenvalue weighted by atomic mass is 79.9. The summed E-state index contributed by atoms with van der Waals surface area (Å²) in [5, 5.41) is 0. The van der Waals surface area contributed by atoms with Crippen LogP contribution in [0.15, 0.2) is 39.9 Å². The van der Waals surface area contributed by atoms with E-state index in [0.717, 1.165) is 4.47 Å². The highest BCUT2D eigenvalue weighted by Gasteiger charge is 1.99. The SMILES string of the molecule is [2H]c1nc(Br)c([2H])n1-c1cc(Br)ccn1. The molecule has 0 bridgehead atoms. The summed E-state index contributed by atoms with van der Waals surface area (Å²) in [5.41, 5.74) is 0. The summed E-state index contributed by atoms with van der Waals surface area (Å²) in [5.74, 6) is 0.498. The second kappa shape index (κ2) is 3.59. The van der Waals surface area contributed by atoms with Gasteiger partial charge >= 0.3 is 0 Å². The summed E-state index contributed by atoms with van der Waals surface area (Å²) in [7, 11) is 0. The molecule has 0 saturated carbocycles. The molecule has 0 aliphatic rings. The molecule has 2 aromatic heterocycles. The molecule has 3 nitrogen and oxygen atoms in total. The Morgan fingerprint density at radius 3 is 2.85 bits per heavy atom. The van der Waals surface area contributed by atoms with Crippen LogP contribution < -0.4 is 0 Å². The predicted molar refractivity (Wildman–Crippen MR) is 56.8 cm³/mol. The van der Waals surface area contributed by atoms with Gasteiger partial charge in [-0.25, -0.2) is 9.97 Å². The van der Waals surface area contributed by atoms with Crippen molar-refractivity contribution in [3.05, 3.63) is 39.9 Å². The number of rotatable bonds is 1. The lowest BCUT2D eigenvalue weighted by Crippen LogP contribution is -1.92. The van der Waals surface area contributed by atoms with Gasteiger partial charge in [0, 0.05) is 16.8 Å². The van der Waals surface area contributed by atoms with Gasteiger partial charge in [-0.05, 0) is 28.1 Å². The van der Waals surface area contributed by atoms with Crippen molar-refractivity contribution in [1.29, 1.82) is 0 Å². The summed E-state index contributed by atoms with van der Waals surface area (Å²) in [6, 6.07) is 3.51. The molecule has 2 aromatic rings. The van der Waals surface area contributed by atoms with E-state index in [2.05, 4.69) is 41.8 Å². The summed E-state index contributed by atoms with van der Waals surface area (Å²) < 4.78 is 17.8.